The standard InChI is InChI=1S/C28H30N8O4/c1-3-35-22(13-17(2)34-35)27(39)33-28-32-21-14-19(26(29)38)15-23-25(21)36(28)20(16-40-23)5-4-10-31-24(37)7-6-18-8-11-30-12-9-18/h6-9,11-15,20H,3-5,10,16H2,1-2H3,(H2,29,38)(H,31,37)(H,32,33,39)/b7-6+/t20-/m0/s1. The van der Waals surface area contributed by atoms with E-state index in [0.29, 0.717) is 61.0 Å². The van der Waals surface area contributed by atoms with Crippen molar-refractivity contribution in [1.82, 2.24) is 29.6 Å². The van der Waals surface area contributed by atoms with Gasteiger partial charge in [0.05, 0.1) is 17.3 Å². The van der Waals surface area contributed by atoms with E-state index >= 15 is 0 Å². The van der Waals surface area contributed by atoms with Crippen molar-refractivity contribution in [3.05, 3.63) is 71.3 Å². The maximum absolute atomic E-state index is 13.2. The number of aromatic nitrogens is 5. The molecule has 1 aromatic carbocycles. The smallest absolute Gasteiger partial charge is 0.276 e. The fourth-order valence-corrected chi connectivity index (χ4v) is 4.75. The predicted octanol–water partition coefficient (Wildman–Crippen LogP) is 2.85. The highest BCUT2D eigenvalue weighted by Gasteiger charge is 2.29. The predicted molar refractivity (Wildman–Crippen MR) is 149 cm³/mol. The lowest BCUT2D eigenvalue weighted by atomic mass is 10.1. The third kappa shape index (κ3) is 5.55. The van der Waals surface area contributed by atoms with Crippen LogP contribution >= 0.6 is 0 Å². The number of hydrogen-bond acceptors (Lipinski definition) is 7. The summed E-state index contributed by atoms with van der Waals surface area (Å²) in [5.41, 5.74) is 8.99. The Morgan fingerprint density at radius 1 is 1.20 bits per heavy atom. The molecule has 12 heteroatoms. The van der Waals surface area contributed by atoms with Gasteiger partial charge in [0.2, 0.25) is 17.8 Å². The number of ether oxygens (including phenoxy) is 1. The molecule has 1 aliphatic heterocycles. The van der Waals surface area contributed by atoms with Gasteiger partial charge in [0.15, 0.2) is 0 Å². The van der Waals surface area contributed by atoms with Crippen molar-refractivity contribution < 1.29 is 19.1 Å². The van der Waals surface area contributed by atoms with Gasteiger partial charge in [-0.2, -0.15) is 5.10 Å². The number of aryl methyl sites for hydroxylation is 2. The molecular formula is C28H30N8O4. The van der Waals surface area contributed by atoms with Crippen LogP contribution in [-0.4, -0.2) is 55.2 Å². The minimum atomic E-state index is -0.597. The summed E-state index contributed by atoms with van der Waals surface area (Å²) in [6, 6.07) is 8.37. The molecule has 4 heterocycles. The van der Waals surface area contributed by atoms with Crippen LogP contribution in [0.1, 0.15) is 57.9 Å². The Morgan fingerprint density at radius 3 is 2.75 bits per heavy atom. The Kier molecular flexibility index (Phi) is 7.58. The van der Waals surface area contributed by atoms with Crippen LogP contribution in [0, 0.1) is 6.92 Å². The summed E-state index contributed by atoms with van der Waals surface area (Å²) < 4.78 is 9.57. The minimum Gasteiger partial charge on any atom is -0.489 e. The molecule has 4 aromatic rings. The first kappa shape index (κ1) is 26.6. The second-order valence-corrected chi connectivity index (χ2v) is 9.46. The van der Waals surface area contributed by atoms with Crippen molar-refractivity contribution in [3.8, 4) is 5.75 Å². The molecule has 0 saturated carbocycles. The average Bonchev–Trinajstić information content (AvgIpc) is 3.52. The molecule has 0 radical (unpaired) electrons. The molecule has 1 aliphatic rings. The molecular weight excluding hydrogens is 512 g/mol. The largest absolute Gasteiger partial charge is 0.489 e. The van der Waals surface area contributed by atoms with E-state index in [9.17, 15) is 14.4 Å². The number of anilines is 1. The first-order valence-electron chi connectivity index (χ1n) is 13.0. The molecule has 0 bridgehead atoms. The SMILES string of the molecule is CCn1nc(C)cc1C(=O)Nc1nc2cc(C(N)=O)cc3c2n1[C@@H](CCCNC(=O)/C=C/c1ccncc1)CO3. The zero-order chi connectivity index (χ0) is 28.2. The first-order valence-corrected chi connectivity index (χ1v) is 13.0. The molecule has 206 valence electrons. The zero-order valence-corrected chi connectivity index (χ0v) is 22.3. The number of carbonyl (C=O) groups is 3. The normalized spacial score (nSPS) is 14.3. The summed E-state index contributed by atoms with van der Waals surface area (Å²) in [5.74, 6) is -0.326. The third-order valence-electron chi connectivity index (χ3n) is 6.64. The minimum absolute atomic E-state index is 0.172. The highest BCUT2D eigenvalue weighted by molar-refractivity contribution is 6.04. The van der Waals surface area contributed by atoms with E-state index in [1.54, 1.807) is 41.4 Å². The molecule has 0 unspecified atom stereocenters. The van der Waals surface area contributed by atoms with Gasteiger partial charge in [0.1, 0.15) is 23.6 Å². The van der Waals surface area contributed by atoms with Gasteiger partial charge < -0.3 is 20.4 Å². The summed E-state index contributed by atoms with van der Waals surface area (Å²) in [5, 5.41) is 10.2. The summed E-state index contributed by atoms with van der Waals surface area (Å²) in [7, 11) is 0. The van der Waals surface area contributed by atoms with Crippen LogP contribution in [-0.2, 0) is 11.3 Å². The Bertz CT molecular complexity index is 1610. The molecule has 0 saturated heterocycles. The van der Waals surface area contributed by atoms with Gasteiger partial charge in [-0.1, -0.05) is 0 Å². The Hall–Kier alpha value is -5.00. The third-order valence-corrected chi connectivity index (χ3v) is 6.64. The fourth-order valence-electron chi connectivity index (χ4n) is 4.75. The lowest BCUT2D eigenvalue weighted by Crippen LogP contribution is -2.28. The van der Waals surface area contributed by atoms with Gasteiger partial charge in [0.25, 0.3) is 5.91 Å². The number of imidazole rings is 1. The van der Waals surface area contributed by atoms with E-state index < -0.39 is 5.91 Å². The topological polar surface area (TPSA) is 159 Å². The number of amides is 3. The molecule has 0 fully saturated rings. The molecule has 12 nitrogen and oxygen atoms in total. The molecule has 40 heavy (non-hydrogen) atoms. The number of hydrogen-bond donors (Lipinski definition) is 3. The quantitative estimate of drug-likeness (QED) is 0.205. The van der Waals surface area contributed by atoms with Crippen molar-refractivity contribution in [3.63, 3.8) is 0 Å². The highest BCUT2D eigenvalue weighted by atomic mass is 16.5. The Balaban J connectivity index is 1.34. The second kappa shape index (κ2) is 11.4. The van der Waals surface area contributed by atoms with Gasteiger partial charge >= 0.3 is 0 Å². The monoisotopic (exact) mass is 542 g/mol. The van der Waals surface area contributed by atoms with Crippen LogP contribution < -0.4 is 21.1 Å². The number of primary amides is 1. The van der Waals surface area contributed by atoms with Gasteiger partial charge in [-0.3, -0.25) is 29.4 Å². The molecule has 5 rings (SSSR count). The second-order valence-electron chi connectivity index (χ2n) is 9.46. The number of nitrogens with one attached hydrogen (secondary N) is 2. The zero-order valence-electron chi connectivity index (χ0n) is 22.3. The van der Waals surface area contributed by atoms with Crippen molar-refractivity contribution in [2.45, 2.75) is 39.3 Å². The number of benzene rings is 1. The summed E-state index contributed by atoms with van der Waals surface area (Å²) in [6.07, 6.45) is 7.85. The number of rotatable bonds is 10. The van der Waals surface area contributed by atoms with E-state index in [2.05, 4.69) is 25.7 Å². The number of carbonyl (C=O) groups excluding carboxylic acids is 3. The lowest BCUT2D eigenvalue weighted by molar-refractivity contribution is -0.116. The average molecular weight is 543 g/mol. The van der Waals surface area contributed by atoms with E-state index in [1.165, 1.54) is 6.08 Å². The van der Waals surface area contributed by atoms with E-state index in [0.717, 1.165) is 11.3 Å². The summed E-state index contributed by atoms with van der Waals surface area (Å²) >= 11 is 0. The lowest BCUT2D eigenvalue weighted by Gasteiger charge is -2.27. The Labute approximate surface area is 230 Å². The Morgan fingerprint density at radius 2 is 2.00 bits per heavy atom. The summed E-state index contributed by atoms with van der Waals surface area (Å²) in [6.45, 7) is 5.03. The van der Waals surface area contributed by atoms with E-state index in [1.807, 2.05) is 30.5 Å². The number of nitrogens with zero attached hydrogens (tertiary/aromatic N) is 5. The fraction of sp³-hybridized carbons (Fsp3) is 0.286. The van der Waals surface area contributed by atoms with Gasteiger partial charge in [-0.15, -0.1) is 0 Å². The van der Waals surface area contributed by atoms with Crippen LogP contribution in [0.25, 0.3) is 17.1 Å². The molecule has 1 atom stereocenters. The van der Waals surface area contributed by atoms with Gasteiger partial charge in [-0.25, -0.2) is 4.98 Å². The number of pyridine rings is 1. The maximum Gasteiger partial charge on any atom is 0.276 e. The van der Waals surface area contributed by atoms with Crippen LogP contribution in [0.3, 0.4) is 0 Å². The van der Waals surface area contributed by atoms with Crippen LogP contribution in [0.4, 0.5) is 5.95 Å². The summed E-state index contributed by atoms with van der Waals surface area (Å²) in [4.78, 5) is 46.0. The van der Waals surface area contributed by atoms with Gasteiger partial charge in [0, 0.05) is 37.1 Å². The van der Waals surface area contributed by atoms with Gasteiger partial charge in [-0.05, 0) is 68.7 Å². The maximum atomic E-state index is 13.2. The molecule has 3 amide bonds. The van der Waals surface area contributed by atoms with E-state index in [4.69, 9.17) is 10.5 Å². The van der Waals surface area contributed by atoms with Crippen molar-refractivity contribution in [2.75, 3.05) is 18.5 Å². The van der Waals surface area contributed by atoms with E-state index in [-0.39, 0.29) is 23.4 Å². The molecule has 4 N–H and O–H groups in total. The first-order chi connectivity index (χ1) is 19.3. The van der Waals surface area contributed by atoms with Crippen molar-refractivity contribution in [1.29, 1.82) is 0 Å². The van der Waals surface area contributed by atoms with Crippen molar-refractivity contribution >= 4 is 40.8 Å². The molecule has 3 aromatic heterocycles. The molecule has 0 aliphatic carbocycles. The van der Waals surface area contributed by atoms with Crippen molar-refractivity contribution in [2.24, 2.45) is 5.73 Å². The van der Waals surface area contributed by atoms with Crippen LogP contribution in [0.15, 0.2) is 48.8 Å². The van der Waals surface area contributed by atoms with Crippen LogP contribution in [0.5, 0.6) is 5.75 Å². The number of nitrogens with two attached hydrogens (primary N) is 1. The van der Waals surface area contributed by atoms with Crippen LogP contribution in [0.2, 0.25) is 0 Å². The highest BCUT2D eigenvalue weighted by Crippen LogP contribution is 2.38. The molecule has 0 spiro atoms.